The van der Waals surface area contributed by atoms with E-state index in [2.05, 4.69) is 10.6 Å². The minimum absolute atomic E-state index is 0.217. The van der Waals surface area contributed by atoms with Gasteiger partial charge in [0.15, 0.2) is 0 Å². The number of hydrogen-bond donors (Lipinski definition) is 2. The zero-order valence-corrected chi connectivity index (χ0v) is 8.83. The fraction of sp³-hybridized carbons (Fsp3) is 0.273. The molecule has 84 valence electrons. The van der Waals surface area contributed by atoms with Crippen molar-refractivity contribution in [2.75, 3.05) is 5.32 Å². The number of benzene rings is 1. The normalized spacial score (nSPS) is 11.3. The summed E-state index contributed by atoms with van der Waals surface area (Å²) in [7, 11) is 0. The van der Waals surface area contributed by atoms with Gasteiger partial charge < -0.3 is 10.6 Å². The zero-order chi connectivity index (χ0) is 12.0. The van der Waals surface area contributed by atoms with E-state index in [1.54, 1.807) is 6.92 Å². The molecule has 0 radical (unpaired) electrons. The lowest BCUT2D eigenvalue weighted by molar-refractivity contribution is 0.249. The molecule has 2 amide bonds. The van der Waals surface area contributed by atoms with Crippen molar-refractivity contribution in [1.82, 2.24) is 5.32 Å². The number of amides is 2. The number of rotatable bonds is 3. The predicted molar refractivity (Wildman–Crippen MR) is 58.2 cm³/mol. The molecule has 0 aliphatic rings. The molecule has 16 heavy (non-hydrogen) atoms. The highest BCUT2D eigenvalue weighted by atomic mass is 19.1. The fourth-order valence-electron chi connectivity index (χ4n) is 1.11. The molecule has 0 spiro atoms. The maximum absolute atomic E-state index is 12.6. The van der Waals surface area contributed by atoms with Crippen LogP contribution in [0.5, 0.6) is 0 Å². The average molecular weight is 221 g/mol. The Bertz CT molecular complexity index is 397. The lowest BCUT2D eigenvalue weighted by atomic mass is 10.2. The van der Waals surface area contributed by atoms with Gasteiger partial charge in [0.2, 0.25) is 0 Å². The summed E-state index contributed by atoms with van der Waals surface area (Å²) < 4.78 is 12.6. The predicted octanol–water partition coefficient (Wildman–Crippen LogP) is 2.25. The van der Waals surface area contributed by atoms with E-state index < -0.39 is 6.03 Å². The van der Waals surface area contributed by atoms with E-state index >= 15 is 0 Å². The van der Waals surface area contributed by atoms with Crippen molar-refractivity contribution in [3.63, 3.8) is 0 Å². The third kappa shape index (κ3) is 3.96. The van der Waals surface area contributed by atoms with Gasteiger partial charge in [-0.1, -0.05) is 0 Å². The Balaban J connectivity index is 2.46. The van der Waals surface area contributed by atoms with Gasteiger partial charge in [0.05, 0.1) is 12.5 Å². The average Bonchev–Trinajstić information content (AvgIpc) is 2.21. The van der Waals surface area contributed by atoms with Crippen molar-refractivity contribution < 1.29 is 9.18 Å². The summed E-state index contributed by atoms with van der Waals surface area (Å²) in [4.78, 5) is 11.4. The van der Waals surface area contributed by atoms with Crippen molar-refractivity contribution in [1.29, 1.82) is 5.26 Å². The molecule has 0 fully saturated rings. The van der Waals surface area contributed by atoms with Gasteiger partial charge in [-0.2, -0.15) is 5.26 Å². The first-order valence-corrected chi connectivity index (χ1v) is 4.82. The lowest BCUT2D eigenvalue weighted by Gasteiger charge is -2.11. The maximum Gasteiger partial charge on any atom is 0.319 e. The third-order valence-electron chi connectivity index (χ3n) is 1.88. The van der Waals surface area contributed by atoms with Gasteiger partial charge in [0.1, 0.15) is 5.82 Å². The van der Waals surface area contributed by atoms with Crippen LogP contribution < -0.4 is 10.6 Å². The summed E-state index contributed by atoms with van der Waals surface area (Å²) in [6.45, 7) is 1.73. The quantitative estimate of drug-likeness (QED) is 0.822. The number of nitrogens with zero attached hydrogens (tertiary/aromatic N) is 1. The number of nitriles is 1. The van der Waals surface area contributed by atoms with Crippen molar-refractivity contribution in [2.45, 2.75) is 19.4 Å². The molecule has 1 aromatic carbocycles. The van der Waals surface area contributed by atoms with Crippen molar-refractivity contribution >= 4 is 11.7 Å². The summed E-state index contributed by atoms with van der Waals surface area (Å²) in [5.74, 6) is -0.358. The monoisotopic (exact) mass is 221 g/mol. The largest absolute Gasteiger partial charge is 0.334 e. The Kier molecular flexibility index (Phi) is 4.28. The van der Waals surface area contributed by atoms with Crippen LogP contribution in [0.25, 0.3) is 0 Å². The minimum atomic E-state index is -0.408. The number of carbonyl (C=O) groups excluding carboxylic acids is 1. The number of anilines is 1. The Morgan fingerprint density at radius 1 is 1.50 bits per heavy atom. The van der Waals surface area contributed by atoms with Crippen molar-refractivity contribution in [3.05, 3.63) is 30.1 Å². The maximum atomic E-state index is 12.6. The van der Waals surface area contributed by atoms with Crippen LogP contribution in [0.2, 0.25) is 0 Å². The standard InChI is InChI=1S/C11H12FN3O/c1-8(6-7-13)14-11(16)15-10-4-2-9(12)3-5-10/h2-5,8H,6H2,1H3,(H2,14,15,16). The van der Waals surface area contributed by atoms with Gasteiger partial charge in [-0.3, -0.25) is 0 Å². The fourth-order valence-corrected chi connectivity index (χ4v) is 1.11. The van der Waals surface area contributed by atoms with Crippen LogP contribution in [0.3, 0.4) is 0 Å². The van der Waals surface area contributed by atoms with E-state index in [-0.39, 0.29) is 18.3 Å². The molecule has 1 aromatic rings. The molecular formula is C11H12FN3O. The third-order valence-corrected chi connectivity index (χ3v) is 1.88. The molecule has 1 unspecified atom stereocenters. The van der Waals surface area contributed by atoms with Crippen LogP contribution in [-0.2, 0) is 0 Å². The van der Waals surface area contributed by atoms with E-state index in [1.807, 2.05) is 6.07 Å². The Hall–Kier alpha value is -2.09. The van der Waals surface area contributed by atoms with Gasteiger partial charge >= 0.3 is 6.03 Å². The summed E-state index contributed by atoms with van der Waals surface area (Å²) >= 11 is 0. The van der Waals surface area contributed by atoms with E-state index in [4.69, 9.17) is 5.26 Å². The summed E-state index contributed by atoms with van der Waals surface area (Å²) in [6.07, 6.45) is 0.247. The molecule has 5 heteroatoms. The van der Waals surface area contributed by atoms with Gasteiger partial charge in [0.25, 0.3) is 0 Å². The minimum Gasteiger partial charge on any atom is -0.334 e. The number of nitrogens with one attached hydrogen (secondary N) is 2. The molecule has 0 aromatic heterocycles. The van der Waals surface area contributed by atoms with Crippen LogP contribution in [0.4, 0.5) is 14.9 Å². The van der Waals surface area contributed by atoms with E-state index in [0.717, 1.165) is 0 Å². The highest BCUT2D eigenvalue weighted by Crippen LogP contribution is 2.07. The van der Waals surface area contributed by atoms with Crippen LogP contribution in [0, 0.1) is 17.1 Å². The molecule has 0 aliphatic carbocycles. The van der Waals surface area contributed by atoms with Crippen LogP contribution in [0.15, 0.2) is 24.3 Å². The Morgan fingerprint density at radius 2 is 2.12 bits per heavy atom. The van der Waals surface area contributed by atoms with Gasteiger partial charge in [-0.05, 0) is 31.2 Å². The molecule has 0 saturated carbocycles. The van der Waals surface area contributed by atoms with Gasteiger partial charge in [-0.15, -0.1) is 0 Å². The number of carbonyl (C=O) groups is 1. The highest BCUT2D eigenvalue weighted by Gasteiger charge is 2.06. The number of hydrogen-bond acceptors (Lipinski definition) is 2. The van der Waals surface area contributed by atoms with Gasteiger partial charge in [-0.25, -0.2) is 9.18 Å². The van der Waals surface area contributed by atoms with Gasteiger partial charge in [0, 0.05) is 11.7 Å². The molecule has 0 heterocycles. The Morgan fingerprint density at radius 3 is 2.69 bits per heavy atom. The lowest BCUT2D eigenvalue weighted by Crippen LogP contribution is -2.35. The topological polar surface area (TPSA) is 64.9 Å². The summed E-state index contributed by atoms with van der Waals surface area (Å²) in [5, 5.41) is 13.5. The molecule has 4 nitrogen and oxygen atoms in total. The first-order valence-electron chi connectivity index (χ1n) is 4.82. The second kappa shape index (κ2) is 5.71. The molecule has 0 saturated heterocycles. The number of urea groups is 1. The Labute approximate surface area is 93.1 Å². The molecule has 1 atom stereocenters. The smallest absolute Gasteiger partial charge is 0.319 e. The second-order valence-electron chi connectivity index (χ2n) is 3.37. The van der Waals surface area contributed by atoms with E-state index in [9.17, 15) is 9.18 Å². The van der Waals surface area contributed by atoms with Crippen LogP contribution in [-0.4, -0.2) is 12.1 Å². The molecule has 0 aliphatic heterocycles. The molecule has 1 rings (SSSR count). The molecule has 2 N–H and O–H groups in total. The summed E-state index contributed by atoms with van der Waals surface area (Å²) in [6, 6.07) is 6.77. The first-order chi connectivity index (χ1) is 7.61. The molecule has 0 bridgehead atoms. The highest BCUT2D eigenvalue weighted by molar-refractivity contribution is 5.89. The SMILES string of the molecule is CC(CC#N)NC(=O)Nc1ccc(F)cc1. The van der Waals surface area contributed by atoms with E-state index in [0.29, 0.717) is 5.69 Å². The number of halogens is 1. The first kappa shape index (κ1) is 12.0. The molecular weight excluding hydrogens is 209 g/mol. The summed E-state index contributed by atoms with van der Waals surface area (Å²) in [5.41, 5.74) is 0.503. The van der Waals surface area contributed by atoms with Crippen LogP contribution in [0.1, 0.15) is 13.3 Å². The second-order valence-corrected chi connectivity index (χ2v) is 3.37. The van der Waals surface area contributed by atoms with Crippen molar-refractivity contribution in [3.8, 4) is 6.07 Å². The zero-order valence-electron chi connectivity index (χ0n) is 8.83. The van der Waals surface area contributed by atoms with Crippen molar-refractivity contribution in [2.24, 2.45) is 0 Å². The van der Waals surface area contributed by atoms with E-state index in [1.165, 1.54) is 24.3 Å². The van der Waals surface area contributed by atoms with Crippen LogP contribution >= 0.6 is 0 Å².